The van der Waals surface area contributed by atoms with Gasteiger partial charge in [-0.25, -0.2) is 4.79 Å². The number of benzene rings is 1. The lowest BCUT2D eigenvalue weighted by molar-refractivity contribution is 0.0697. The van der Waals surface area contributed by atoms with E-state index in [0.717, 1.165) is 17.4 Å². The van der Waals surface area contributed by atoms with Crippen LogP contribution >= 0.6 is 0 Å². The third-order valence-corrected chi connectivity index (χ3v) is 3.66. The second-order valence-corrected chi connectivity index (χ2v) is 5.08. The van der Waals surface area contributed by atoms with Crippen LogP contribution in [0.25, 0.3) is 22.4 Å². The Bertz CT molecular complexity index is 768. The average Bonchev–Trinajstić information content (AvgIpc) is 3.09. The highest BCUT2D eigenvalue weighted by atomic mass is 16.4. The Morgan fingerprint density at radius 1 is 1.43 bits per heavy atom. The van der Waals surface area contributed by atoms with Crippen molar-refractivity contribution in [3.05, 3.63) is 42.1 Å². The summed E-state index contributed by atoms with van der Waals surface area (Å²) in [6.07, 6.45) is 2.44. The number of furan rings is 1. The topological polar surface area (TPSA) is 68.3 Å². The van der Waals surface area contributed by atoms with E-state index in [1.807, 2.05) is 44.2 Å². The minimum Gasteiger partial charge on any atom is -0.478 e. The lowest BCUT2D eigenvalue weighted by Crippen LogP contribution is -2.04. The molecule has 21 heavy (non-hydrogen) atoms. The Kier molecular flexibility index (Phi) is 3.25. The zero-order valence-corrected chi connectivity index (χ0v) is 11.9. The number of carbonyl (C=O) groups is 1. The molecular formula is C16H16N2O3. The number of rotatable bonds is 4. The second kappa shape index (κ2) is 5.09. The highest BCUT2D eigenvalue weighted by molar-refractivity contribution is 5.95. The summed E-state index contributed by atoms with van der Waals surface area (Å²) in [5.41, 5.74) is 1.26. The smallest absolute Gasteiger partial charge is 0.339 e. The molecule has 5 nitrogen and oxygen atoms in total. The van der Waals surface area contributed by atoms with Gasteiger partial charge in [0.25, 0.3) is 0 Å². The molecule has 0 aliphatic carbocycles. The van der Waals surface area contributed by atoms with Crippen molar-refractivity contribution in [2.45, 2.75) is 26.3 Å². The summed E-state index contributed by atoms with van der Waals surface area (Å²) >= 11 is 0. The molecule has 1 atom stereocenters. The highest BCUT2D eigenvalue weighted by Gasteiger charge is 2.21. The van der Waals surface area contributed by atoms with Crippen molar-refractivity contribution in [2.75, 3.05) is 0 Å². The average molecular weight is 284 g/mol. The summed E-state index contributed by atoms with van der Waals surface area (Å²) in [6, 6.07) is 9.54. The van der Waals surface area contributed by atoms with E-state index in [1.54, 1.807) is 10.9 Å². The number of fused-ring (bicyclic) bond motifs is 1. The van der Waals surface area contributed by atoms with Gasteiger partial charge in [-0.2, -0.15) is 5.10 Å². The molecule has 0 radical (unpaired) electrons. The van der Waals surface area contributed by atoms with Gasteiger partial charge >= 0.3 is 5.97 Å². The van der Waals surface area contributed by atoms with Gasteiger partial charge in [-0.15, -0.1) is 0 Å². The number of hydrogen-bond donors (Lipinski definition) is 1. The Morgan fingerprint density at radius 2 is 2.19 bits per heavy atom. The van der Waals surface area contributed by atoms with Crippen molar-refractivity contribution >= 4 is 16.9 Å². The number of nitrogens with zero attached hydrogens (tertiary/aromatic N) is 2. The fraction of sp³-hybridized carbons (Fsp3) is 0.250. The van der Waals surface area contributed by atoms with Crippen molar-refractivity contribution in [1.29, 1.82) is 0 Å². The maximum atomic E-state index is 11.4. The molecule has 0 amide bonds. The lowest BCUT2D eigenvalue weighted by Gasteiger charge is -2.07. The molecule has 5 heteroatoms. The summed E-state index contributed by atoms with van der Waals surface area (Å²) in [7, 11) is 0. The summed E-state index contributed by atoms with van der Waals surface area (Å²) in [6.45, 7) is 4.04. The van der Waals surface area contributed by atoms with E-state index >= 15 is 0 Å². The molecule has 0 fully saturated rings. The van der Waals surface area contributed by atoms with Crippen LogP contribution in [-0.4, -0.2) is 20.9 Å². The van der Waals surface area contributed by atoms with Crippen LogP contribution in [0.4, 0.5) is 0 Å². The van der Waals surface area contributed by atoms with Crippen molar-refractivity contribution in [2.24, 2.45) is 0 Å². The number of para-hydroxylation sites is 1. The fourth-order valence-corrected chi connectivity index (χ4v) is 2.24. The number of carboxylic acids is 1. The van der Waals surface area contributed by atoms with Crippen LogP contribution in [0, 0.1) is 0 Å². The van der Waals surface area contributed by atoms with Crippen LogP contribution in [0.2, 0.25) is 0 Å². The molecule has 2 heterocycles. The van der Waals surface area contributed by atoms with Gasteiger partial charge in [0.05, 0.1) is 0 Å². The van der Waals surface area contributed by atoms with E-state index in [4.69, 9.17) is 4.42 Å². The molecule has 2 aromatic heterocycles. The van der Waals surface area contributed by atoms with Crippen molar-refractivity contribution in [1.82, 2.24) is 9.78 Å². The third-order valence-electron chi connectivity index (χ3n) is 3.66. The Balaban J connectivity index is 2.15. The predicted octanol–water partition coefficient (Wildman–Crippen LogP) is 3.97. The predicted molar refractivity (Wildman–Crippen MR) is 79.4 cm³/mol. The molecular weight excluding hydrogens is 268 g/mol. The zero-order valence-electron chi connectivity index (χ0n) is 11.9. The van der Waals surface area contributed by atoms with Gasteiger partial charge in [-0.3, -0.25) is 4.68 Å². The largest absolute Gasteiger partial charge is 0.478 e. The Labute approximate surface area is 121 Å². The minimum absolute atomic E-state index is 0.140. The van der Waals surface area contributed by atoms with Crippen LogP contribution in [0.5, 0.6) is 0 Å². The van der Waals surface area contributed by atoms with Gasteiger partial charge in [-0.1, -0.05) is 25.1 Å². The number of aromatic carboxylic acids is 1. The lowest BCUT2D eigenvalue weighted by atomic mass is 10.2. The monoisotopic (exact) mass is 284 g/mol. The molecule has 0 aliphatic heterocycles. The first-order chi connectivity index (χ1) is 10.1. The minimum atomic E-state index is -1.000. The zero-order chi connectivity index (χ0) is 15.0. The first-order valence-electron chi connectivity index (χ1n) is 6.91. The molecule has 0 spiro atoms. The Hall–Kier alpha value is -2.56. The maximum absolute atomic E-state index is 11.4. The van der Waals surface area contributed by atoms with Crippen LogP contribution in [-0.2, 0) is 0 Å². The molecule has 1 unspecified atom stereocenters. The molecule has 1 aromatic carbocycles. The summed E-state index contributed by atoms with van der Waals surface area (Å²) < 4.78 is 7.42. The van der Waals surface area contributed by atoms with Crippen LogP contribution in [0.1, 0.15) is 36.7 Å². The van der Waals surface area contributed by atoms with Crippen molar-refractivity contribution in [3.63, 3.8) is 0 Å². The molecule has 1 N–H and O–H groups in total. The molecule has 3 rings (SSSR count). The van der Waals surface area contributed by atoms with Gasteiger partial charge in [0.1, 0.15) is 16.8 Å². The molecule has 0 aliphatic rings. The fourth-order valence-electron chi connectivity index (χ4n) is 2.24. The molecule has 108 valence electrons. The van der Waals surface area contributed by atoms with Crippen LogP contribution in [0.15, 0.2) is 40.9 Å². The standard InChI is InChI=1S/C16H16N2O3/c1-3-10(2)18-9-12(16(19)20)15(17-18)14-8-11-6-4-5-7-13(11)21-14/h4-10H,3H2,1-2H3,(H,19,20). The van der Waals surface area contributed by atoms with Gasteiger partial charge < -0.3 is 9.52 Å². The van der Waals surface area contributed by atoms with E-state index in [0.29, 0.717) is 11.5 Å². The third kappa shape index (κ3) is 2.31. The van der Waals surface area contributed by atoms with E-state index in [2.05, 4.69) is 5.10 Å². The van der Waals surface area contributed by atoms with E-state index in [1.165, 1.54) is 0 Å². The second-order valence-electron chi connectivity index (χ2n) is 5.08. The highest BCUT2D eigenvalue weighted by Crippen LogP contribution is 2.30. The van der Waals surface area contributed by atoms with Crippen LogP contribution < -0.4 is 0 Å². The number of aromatic nitrogens is 2. The molecule has 0 saturated carbocycles. The van der Waals surface area contributed by atoms with E-state index in [-0.39, 0.29) is 11.6 Å². The van der Waals surface area contributed by atoms with E-state index < -0.39 is 5.97 Å². The summed E-state index contributed by atoms with van der Waals surface area (Å²) in [4.78, 5) is 11.4. The quantitative estimate of drug-likeness (QED) is 0.787. The van der Waals surface area contributed by atoms with Gasteiger partial charge in [0.15, 0.2) is 5.76 Å². The molecule has 3 aromatic rings. The molecule has 0 bridgehead atoms. The van der Waals surface area contributed by atoms with Gasteiger partial charge in [0.2, 0.25) is 0 Å². The van der Waals surface area contributed by atoms with Gasteiger partial charge in [0, 0.05) is 17.6 Å². The number of hydrogen-bond acceptors (Lipinski definition) is 3. The first-order valence-corrected chi connectivity index (χ1v) is 6.91. The van der Waals surface area contributed by atoms with Gasteiger partial charge in [-0.05, 0) is 25.5 Å². The maximum Gasteiger partial charge on any atom is 0.339 e. The summed E-state index contributed by atoms with van der Waals surface area (Å²) in [5.74, 6) is -0.518. The Morgan fingerprint density at radius 3 is 2.86 bits per heavy atom. The normalized spacial score (nSPS) is 12.7. The summed E-state index contributed by atoms with van der Waals surface area (Å²) in [5, 5.41) is 14.7. The van der Waals surface area contributed by atoms with Crippen molar-refractivity contribution in [3.8, 4) is 11.5 Å². The number of carboxylic acid groups (broad SMARTS) is 1. The van der Waals surface area contributed by atoms with Crippen molar-refractivity contribution < 1.29 is 14.3 Å². The SMILES string of the molecule is CCC(C)n1cc(C(=O)O)c(-c2cc3ccccc3o2)n1. The van der Waals surface area contributed by atoms with E-state index in [9.17, 15) is 9.90 Å². The molecule has 0 saturated heterocycles. The van der Waals surface area contributed by atoms with Crippen LogP contribution in [0.3, 0.4) is 0 Å². The first kappa shape index (κ1) is 13.4.